The molecule has 0 saturated heterocycles. The maximum atomic E-state index is 12.0. The van der Waals surface area contributed by atoms with E-state index in [0.717, 1.165) is 12.3 Å². The van der Waals surface area contributed by atoms with E-state index in [1.54, 1.807) is 25.1 Å². The van der Waals surface area contributed by atoms with Crippen molar-refractivity contribution < 1.29 is 8.42 Å². The van der Waals surface area contributed by atoms with Gasteiger partial charge in [0.25, 0.3) is 0 Å². The number of sulfonamides is 1. The van der Waals surface area contributed by atoms with Crippen LogP contribution >= 0.6 is 0 Å². The summed E-state index contributed by atoms with van der Waals surface area (Å²) in [5.74, 6) is 0.722. The highest BCUT2D eigenvalue weighted by Gasteiger charge is 2.22. The molecule has 0 aromatic heterocycles. The lowest BCUT2D eigenvalue weighted by atomic mass is 10.2. The summed E-state index contributed by atoms with van der Waals surface area (Å²) in [6.07, 6.45) is 3.40. The van der Waals surface area contributed by atoms with E-state index in [2.05, 4.69) is 4.72 Å². The Bertz CT molecular complexity index is 507. The molecule has 0 radical (unpaired) electrons. The molecule has 1 aliphatic rings. The Balaban J connectivity index is 2.09. The smallest absolute Gasteiger partial charge is 0.240 e. The molecule has 0 atom stereocenters. The first-order valence-electron chi connectivity index (χ1n) is 5.85. The third-order valence-corrected chi connectivity index (χ3v) is 4.76. The molecule has 4 nitrogen and oxygen atoms in total. The van der Waals surface area contributed by atoms with Crippen LogP contribution in [0.3, 0.4) is 0 Å². The van der Waals surface area contributed by atoms with Crippen molar-refractivity contribution >= 4 is 15.7 Å². The van der Waals surface area contributed by atoms with E-state index >= 15 is 0 Å². The van der Waals surface area contributed by atoms with Gasteiger partial charge in [0.1, 0.15) is 0 Å². The second-order valence-electron chi connectivity index (χ2n) is 4.60. The van der Waals surface area contributed by atoms with Gasteiger partial charge in [-0.1, -0.05) is 18.9 Å². The van der Waals surface area contributed by atoms with Crippen LogP contribution in [0.25, 0.3) is 0 Å². The minimum Gasteiger partial charge on any atom is -0.398 e. The largest absolute Gasteiger partial charge is 0.398 e. The van der Waals surface area contributed by atoms with Crippen LogP contribution in [-0.2, 0) is 10.0 Å². The summed E-state index contributed by atoms with van der Waals surface area (Å²) in [6, 6.07) is 4.96. The number of nitrogen functional groups attached to an aromatic ring is 1. The summed E-state index contributed by atoms with van der Waals surface area (Å²) < 4.78 is 26.7. The maximum Gasteiger partial charge on any atom is 0.240 e. The number of hydrogen-bond acceptors (Lipinski definition) is 3. The zero-order chi connectivity index (χ0) is 12.5. The van der Waals surface area contributed by atoms with Crippen molar-refractivity contribution in [2.24, 2.45) is 5.92 Å². The van der Waals surface area contributed by atoms with Gasteiger partial charge in [-0.25, -0.2) is 13.1 Å². The van der Waals surface area contributed by atoms with Gasteiger partial charge in [0.15, 0.2) is 0 Å². The minimum atomic E-state index is -3.41. The predicted octanol–water partition coefficient (Wildman–Crippen LogP) is 1.66. The van der Waals surface area contributed by atoms with Crippen molar-refractivity contribution in [2.75, 3.05) is 12.3 Å². The lowest BCUT2D eigenvalue weighted by Crippen LogP contribution is -2.26. The number of rotatable bonds is 5. The SMILES string of the molecule is Cc1c(N)cccc1S(=O)(=O)NCCC1CC1. The molecule has 0 bridgehead atoms. The molecule has 1 fully saturated rings. The molecular formula is C12H18N2O2S. The summed E-state index contributed by atoms with van der Waals surface area (Å²) in [7, 11) is -3.41. The summed E-state index contributed by atoms with van der Waals surface area (Å²) in [4.78, 5) is 0.285. The third kappa shape index (κ3) is 2.98. The Labute approximate surface area is 102 Å². The first kappa shape index (κ1) is 12.4. The van der Waals surface area contributed by atoms with Crippen molar-refractivity contribution in [3.05, 3.63) is 23.8 Å². The van der Waals surface area contributed by atoms with Crippen LogP contribution in [0.5, 0.6) is 0 Å². The minimum absolute atomic E-state index is 0.285. The Kier molecular flexibility index (Phi) is 3.40. The van der Waals surface area contributed by atoms with Gasteiger partial charge in [-0.15, -0.1) is 0 Å². The molecule has 0 aliphatic heterocycles. The van der Waals surface area contributed by atoms with Gasteiger partial charge in [0.05, 0.1) is 4.90 Å². The molecule has 94 valence electrons. The van der Waals surface area contributed by atoms with Crippen LogP contribution in [0.15, 0.2) is 23.1 Å². The number of nitrogens with one attached hydrogen (secondary N) is 1. The van der Waals surface area contributed by atoms with Gasteiger partial charge in [-0.3, -0.25) is 0 Å². The lowest BCUT2D eigenvalue weighted by Gasteiger charge is -2.10. The monoisotopic (exact) mass is 254 g/mol. The molecule has 1 saturated carbocycles. The molecule has 17 heavy (non-hydrogen) atoms. The van der Waals surface area contributed by atoms with E-state index in [0.29, 0.717) is 17.8 Å². The van der Waals surface area contributed by atoms with Crippen molar-refractivity contribution in [3.8, 4) is 0 Å². The van der Waals surface area contributed by atoms with Crippen LogP contribution in [0.4, 0.5) is 5.69 Å². The van der Waals surface area contributed by atoms with Crippen molar-refractivity contribution in [3.63, 3.8) is 0 Å². The highest BCUT2D eigenvalue weighted by atomic mass is 32.2. The van der Waals surface area contributed by atoms with Crippen LogP contribution in [0, 0.1) is 12.8 Å². The first-order chi connectivity index (χ1) is 8.00. The van der Waals surface area contributed by atoms with E-state index in [9.17, 15) is 8.42 Å². The van der Waals surface area contributed by atoms with E-state index in [-0.39, 0.29) is 4.90 Å². The Morgan fingerprint density at radius 3 is 2.76 bits per heavy atom. The summed E-state index contributed by atoms with van der Waals surface area (Å²) in [5, 5.41) is 0. The molecule has 0 unspecified atom stereocenters. The van der Waals surface area contributed by atoms with Crippen LogP contribution in [-0.4, -0.2) is 15.0 Å². The molecule has 2 rings (SSSR count). The van der Waals surface area contributed by atoms with E-state index in [1.807, 2.05) is 0 Å². The number of benzene rings is 1. The molecule has 0 amide bonds. The molecule has 0 spiro atoms. The first-order valence-corrected chi connectivity index (χ1v) is 7.34. The molecule has 3 N–H and O–H groups in total. The fourth-order valence-electron chi connectivity index (χ4n) is 1.80. The Morgan fingerprint density at radius 2 is 2.12 bits per heavy atom. The average molecular weight is 254 g/mol. The van der Waals surface area contributed by atoms with Gasteiger partial charge in [0.2, 0.25) is 10.0 Å². The van der Waals surface area contributed by atoms with Crippen molar-refractivity contribution in [1.82, 2.24) is 4.72 Å². The summed E-state index contributed by atoms with van der Waals surface area (Å²) in [6.45, 7) is 2.24. The van der Waals surface area contributed by atoms with Gasteiger partial charge in [0, 0.05) is 12.2 Å². The quantitative estimate of drug-likeness (QED) is 0.785. The van der Waals surface area contributed by atoms with Gasteiger partial charge < -0.3 is 5.73 Å². The second-order valence-corrected chi connectivity index (χ2v) is 6.34. The van der Waals surface area contributed by atoms with Gasteiger partial charge in [-0.2, -0.15) is 0 Å². The number of anilines is 1. The zero-order valence-electron chi connectivity index (χ0n) is 9.94. The summed E-state index contributed by atoms with van der Waals surface area (Å²) in [5.41, 5.74) is 6.84. The fourth-order valence-corrected chi connectivity index (χ4v) is 3.12. The second kappa shape index (κ2) is 4.66. The highest BCUT2D eigenvalue weighted by Crippen LogP contribution is 2.31. The molecule has 1 aromatic rings. The zero-order valence-corrected chi connectivity index (χ0v) is 10.8. The van der Waals surface area contributed by atoms with Crippen LogP contribution < -0.4 is 10.5 Å². The standard InChI is InChI=1S/C12H18N2O2S/c1-9-11(13)3-2-4-12(9)17(15,16)14-8-7-10-5-6-10/h2-4,10,14H,5-8,13H2,1H3. The number of nitrogens with two attached hydrogens (primary N) is 1. The van der Waals surface area contributed by atoms with Gasteiger partial charge in [-0.05, 0) is 37.0 Å². The van der Waals surface area contributed by atoms with E-state index < -0.39 is 10.0 Å². The normalized spacial score (nSPS) is 16.1. The Morgan fingerprint density at radius 1 is 1.41 bits per heavy atom. The van der Waals surface area contributed by atoms with Crippen molar-refractivity contribution in [1.29, 1.82) is 0 Å². The number of hydrogen-bond donors (Lipinski definition) is 2. The lowest BCUT2D eigenvalue weighted by molar-refractivity contribution is 0.574. The molecule has 1 aliphatic carbocycles. The summed E-state index contributed by atoms with van der Waals surface area (Å²) >= 11 is 0. The molecular weight excluding hydrogens is 236 g/mol. The van der Waals surface area contributed by atoms with Crippen LogP contribution in [0.2, 0.25) is 0 Å². The van der Waals surface area contributed by atoms with Gasteiger partial charge >= 0.3 is 0 Å². The topological polar surface area (TPSA) is 72.2 Å². The maximum absolute atomic E-state index is 12.0. The molecule has 1 aromatic carbocycles. The van der Waals surface area contributed by atoms with E-state index in [4.69, 9.17) is 5.73 Å². The third-order valence-electron chi connectivity index (χ3n) is 3.16. The predicted molar refractivity (Wildman–Crippen MR) is 68.1 cm³/mol. The molecule has 5 heteroatoms. The highest BCUT2D eigenvalue weighted by molar-refractivity contribution is 7.89. The molecule has 0 heterocycles. The van der Waals surface area contributed by atoms with Crippen LogP contribution in [0.1, 0.15) is 24.8 Å². The fraction of sp³-hybridized carbons (Fsp3) is 0.500. The van der Waals surface area contributed by atoms with Crippen molar-refractivity contribution in [2.45, 2.75) is 31.1 Å². The average Bonchev–Trinajstić information content (AvgIpc) is 3.05. The van der Waals surface area contributed by atoms with E-state index in [1.165, 1.54) is 12.8 Å². The Hall–Kier alpha value is -1.07.